The minimum atomic E-state index is 0.368. The molecule has 2 nitrogen and oxygen atoms in total. The number of piperidine rings is 1. The van der Waals surface area contributed by atoms with Gasteiger partial charge in [0.2, 0.25) is 0 Å². The van der Waals surface area contributed by atoms with Gasteiger partial charge in [-0.15, -0.1) is 0 Å². The van der Waals surface area contributed by atoms with Crippen LogP contribution in [0.5, 0.6) is 0 Å². The van der Waals surface area contributed by atoms with E-state index in [1.54, 1.807) is 6.92 Å². The van der Waals surface area contributed by atoms with Gasteiger partial charge in [-0.05, 0) is 45.7 Å². The number of likely N-dealkylation sites (tertiary alicyclic amines) is 1. The summed E-state index contributed by atoms with van der Waals surface area (Å²) in [7, 11) is 0. The predicted octanol–water partition coefficient (Wildman–Crippen LogP) is 2.23. The minimum absolute atomic E-state index is 0.368. The molecule has 0 N–H and O–H groups in total. The Balaban J connectivity index is 1.80. The molecule has 0 atom stereocenters. The minimum Gasteiger partial charge on any atom is -0.300 e. The quantitative estimate of drug-likeness (QED) is 0.673. The van der Waals surface area contributed by atoms with Crippen LogP contribution in [0.2, 0.25) is 0 Å². The second-order valence-electron chi connectivity index (χ2n) is 4.86. The summed E-state index contributed by atoms with van der Waals surface area (Å²) in [5.41, 5.74) is 0. The SMILES string of the molecule is CC(=O)C1CCN(C2CCCC2)CC1. The van der Waals surface area contributed by atoms with Crippen molar-refractivity contribution in [2.75, 3.05) is 13.1 Å². The van der Waals surface area contributed by atoms with Gasteiger partial charge in [0.05, 0.1) is 0 Å². The number of rotatable bonds is 2. The van der Waals surface area contributed by atoms with E-state index in [1.165, 1.54) is 25.7 Å². The average Bonchev–Trinajstić information content (AvgIpc) is 2.71. The summed E-state index contributed by atoms with van der Waals surface area (Å²) in [4.78, 5) is 13.8. The Morgan fingerprint density at radius 2 is 1.64 bits per heavy atom. The fourth-order valence-corrected chi connectivity index (χ4v) is 2.94. The normalized spacial score (nSPS) is 26.9. The third kappa shape index (κ3) is 2.17. The lowest BCUT2D eigenvalue weighted by Crippen LogP contribution is -2.41. The summed E-state index contributed by atoms with van der Waals surface area (Å²) >= 11 is 0. The Labute approximate surface area is 86.7 Å². The summed E-state index contributed by atoms with van der Waals surface area (Å²) in [5.74, 6) is 0.767. The number of carbonyl (C=O) groups excluding carboxylic acids is 1. The topological polar surface area (TPSA) is 20.3 Å². The maximum absolute atomic E-state index is 11.2. The average molecular weight is 195 g/mol. The Morgan fingerprint density at radius 3 is 2.14 bits per heavy atom. The van der Waals surface area contributed by atoms with E-state index in [4.69, 9.17) is 0 Å². The molecule has 1 saturated carbocycles. The van der Waals surface area contributed by atoms with Crippen molar-refractivity contribution >= 4 is 5.78 Å². The first-order valence-electron chi connectivity index (χ1n) is 6.02. The monoisotopic (exact) mass is 195 g/mol. The van der Waals surface area contributed by atoms with Gasteiger partial charge in [0.25, 0.3) is 0 Å². The molecule has 0 aromatic heterocycles. The van der Waals surface area contributed by atoms with E-state index in [9.17, 15) is 4.79 Å². The smallest absolute Gasteiger partial charge is 0.133 e. The van der Waals surface area contributed by atoms with Gasteiger partial charge in [0.1, 0.15) is 5.78 Å². The zero-order chi connectivity index (χ0) is 9.97. The first-order valence-corrected chi connectivity index (χ1v) is 6.02. The number of ketones is 1. The van der Waals surface area contributed by atoms with E-state index in [0.717, 1.165) is 32.0 Å². The first kappa shape index (κ1) is 10.2. The molecule has 1 aliphatic carbocycles. The molecular formula is C12H21NO. The predicted molar refractivity (Wildman–Crippen MR) is 57.2 cm³/mol. The molecule has 0 unspecified atom stereocenters. The molecule has 80 valence electrons. The zero-order valence-corrected chi connectivity index (χ0v) is 9.17. The van der Waals surface area contributed by atoms with E-state index in [2.05, 4.69) is 4.90 Å². The van der Waals surface area contributed by atoms with Crippen molar-refractivity contribution in [2.24, 2.45) is 5.92 Å². The number of nitrogens with zero attached hydrogens (tertiary/aromatic N) is 1. The van der Waals surface area contributed by atoms with E-state index in [0.29, 0.717) is 11.7 Å². The van der Waals surface area contributed by atoms with Crippen LogP contribution in [0.4, 0.5) is 0 Å². The molecule has 0 aromatic rings. The van der Waals surface area contributed by atoms with Gasteiger partial charge < -0.3 is 4.90 Å². The van der Waals surface area contributed by atoms with Crippen LogP contribution in [0.15, 0.2) is 0 Å². The lowest BCUT2D eigenvalue weighted by Gasteiger charge is -2.35. The van der Waals surface area contributed by atoms with Crippen LogP contribution in [0.3, 0.4) is 0 Å². The molecule has 0 aromatic carbocycles. The summed E-state index contributed by atoms with van der Waals surface area (Å²) in [6.07, 6.45) is 7.82. The molecule has 2 rings (SSSR count). The van der Waals surface area contributed by atoms with Gasteiger partial charge in [-0.25, -0.2) is 0 Å². The molecular weight excluding hydrogens is 174 g/mol. The van der Waals surface area contributed by atoms with Crippen LogP contribution < -0.4 is 0 Å². The highest BCUT2D eigenvalue weighted by atomic mass is 16.1. The van der Waals surface area contributed by atoms with E-state index in [-0.39, 0.29) is 0 Å². The summed E-state index contributed by atoms with van der Waals surface area (Å²) in [5, 5.41) is 0. The first-order chi connectivity index (χ1) is 6.77. The lowest BCUT2D eigenvalue weighted by atomic mass is 9.92. The fraction of sp³-hybridized carbons (Fsp3) is 0.917. The van der Waals surface area contributed by atoms with Crippen molar-refractivity contribution in [2.45, 2.75) is 51.5 Å². The Kier molecular flexibility index (Phi) is 3.22. The van der Waals surface area contributed by atoms with Crippen LogP contribution in [0.25, 0.3) is 0 Å². The van der Waals surface area contributed by atoms with Crippen molar-refractivity contribution < 1.29 is 4.79 Å². The third-order valence-electron chi connectivity index (χ3n) is 3.95. The summed E-state index contributed by atoms with van der Waals surface area (Å²) < 4.78 is 0. The maximum Gasteiger partial charge on any atom is 0.133 e. The number of Topliss-reactive ketones (excluding diaryl/α,β-unsaturated/α-hetero) is 1. The molecule has 0 bridgehead atoms. The van der Waals surface area contributed by atoms with Crippen molar-refractivity contribution in [3.05, 3.63) is 0 Å². The highest BCUT2D eigenvalue weighted by molar-refractivity contribution is 5.78. The molecule has 2 fully saturated rings. The van der Waals surface area contributed by atoms with Crippen LogP contribution in [-0.2, 0) is 4.79 Å². The Morgan fingerprint density at radius 1 is 1.07 bits per heavy atom. The van der Waals surface area contributed by atoms with Gasteiger partial charge in [0, 0.05) is 12.0 Å². The maximum atomic E-state index is 11.2. The number of hydrogen-bond donors (Lipinski definition) is 0. The van der Waals surface area contributed by atoms with Crippen LogP contribution in [0.1, 0.15) is 45.4 Å². The van der Waals surface area contributed by atoms with Gasteiger partial charge in [-0.2, -0.15) is 0 Å². The molecule has 1 heterocycles. The summed E-state index contributed by atoms with van der Waals surface area (Å²) in [6.45, 7) is 4.07. The zero-order valence-electron chi connectivity index (χ0n) is 9.17. The lowest BCUT2D eigenvalue weighted by molar-refractivity contribution is -0.122. The highest BCUT2D eigenvalue weighted by Gasteiger charge is 2.28. The molecule has 14 heavy (non-hydrogen) atoms. The second-order valence-corrected chi connectivity index (χ2v) is 4.86. The molecule has 1 aliphatic heterocycles. The molecule has 1 saturated heterocycles. The van der Waals surface area contributed by atoms with Gasteiger partial charge in [-0.1, -0.05) is 12.8 Å². The van der Waals surface area contributed by atoms with E-state index >= 15 is 0 Å². The van der Waals surface area contributed by atoms with Gasteiger partial charge in [0.15, 0.2) is 0 Å². The molecule has 2 heteroatoms. The fourth-order valence-electron chi connectivity index (χ4n) is 2.94. The van der Waals surface area contributed by atoms with Crippen LogP contribution in [0, 0.1) is 5.92 Å². The van der Waals surface area contributed by atoms with Crippen LogP contribution >= 0.6 is 0 Å². The number of carbonyl (C=O) groups is 1. The van der Waals surface area contributed by atoms with Crippen LogP contribution in [-0.4, -0.2) is 29.8 Å². The largest absolute Gasteiger partial charge is 0.300 e. The molecule has 0 amide bonds. The molecule has 2 aliphatic rings. The van der Waals surface area contributed by atoms with Crippen molar-refractivity contribution in [3.8, 4) is 0 Å². The summed E-state index contributed by atoms with van der Waals surface area (Å²) in [6, 6.07) is 0.850. The molecule has 0 radical (unpaired) electrons. The van der Waals surface area contributed by atoms with Gasteiger partial charge in [-0.3, -0.25) is 4.79 Å². The Hall–Kier alpha value is -0.370. The second kappa shape index (κ2) is 4.43. The molecule has 0 spiro atoms. The van der Waals surface area contributed by atoms with Gasteiger partial charge >= 0.3 is 0 Å². The third-order valence-corrected chi connectivity index (χ3v) is 3.95. The van der Waals surface area contributed by atoms with E-state index in [1.807, 2.05) is 0 Å². The highest BCUT2D eigenvalue weighted by Crippen LogP contribution is 2.27. The Bertz CT molecular complexity index is 200. The number of hydrogen-bond acceptors (Lipinski definition) is 2. The van der Waals surface area contributed by atoms with Crippen molar-refractivity contribution in [1.29, 1.82) is 0 Å². The standard InChI is InChI=1S/C12H21NO/c1-10(14)11-6-8-13(9-7-11)12-4-2-3-5-12/h11-12H,2-9H2,1H3. The van der Waals surface area contributed by atoms with Crippen molar-refractivity contribution in [1.82, 2.24) is 4.90 Å². The van der Waals surface area contributed by atoms with E-state index < -0.39 is 0 Å². The van der Waals surface area contributed by atoms with Crippen molar-refractivity contribution in [3.63, 3.8) is 0 Å².